The smallest absolute Gasteiger partial charge is 0.0203 e. The summed E-state index contributed by atoms with van der Waals surface area (Å²) in [4.78, 5) is 0. The van der Waals surface area contributed by atoms with E-state index in [9.17, 15) is 0 Å². The molecule has 2 unspecified atom stereocenters. The van der Waals surface area contributed by atoms with Crippen LogP contribution in [0.3, 0.4) is 0 Å². The highest BCUT2D eigenvalue weighted by molar-refractivity contribution is 5.78. The molecule has 0 heterocycles. The number of fused-ring (bicyclic) bond motifs is 1. The zero-order valence-electron chi connectivity index (χ0n) is 26.8. The van der Waals surface area contributed by atoms with Crippen molar-refractivity contribution in [3.05, 3.63) is 153 Å². The van der Waals surface area contributed by atoms with Gasteiger partial charge in [0.2, 0.25) is 0 Å². The molecule has 0 heteroatoms. The van der Waals surface area contributed by atoms with Gasteiger partial charge in [-0.1, -0.05) is 118 Å². The van der Waals surface area contributed by atoms with E-state index < -0.39 is 0 Å². The standard InChI is InChI=1S/C42H48/c1-10-13-28(7)40-29(8)20-37-24-36(30(9)41(37)42(40)38-19-16-31(11-2)21-33(38)12-3)23-32-15-18-35(22-32)39-25-34(26(4)5)17-14-27(39)6/h14-21,23,25,41-42H,4,7,9-13,22,24H2,1-3,5-6,8H3/b36-23+. The number of allylic oxidation sites excluding steroid dienone is 13. The number of aryl methyl sites for hydroxylation is 3. The summed E-state index contributed by atoms with van der Waals surface area (Å²) in [6.07, 6.45) is 15.7. The van der Waals surface area contributed by atoms with E-state index >= 15 is 0 Å². The van der Waals surface area contributed by atoms with E-state index in [4.69, 9.17) is 6.58 Å². The average Bonchev–Trinajstić information content (AvgIpc) is 3.56. The summed E-state index contributed by atoms with van der Waals surface area (Å²) in [5.74, 6) is 0.576. The first-order valence-corrected chi connectivity index (χ1v) is 15.9. The van der Waals surface area contributed by atoms with E-state index in [0.717, 1.165) is 44.1 Å². The predicted molar refractivity (Wildman–Crippen MR) is 185 cm³/mol. The lowest BCUT2D eigenvalue weighted by Gasteiger charge is -2.36. The molecule has 42 heavy (non-hydrogen) atoms. The van der Waals surface area contributed by atoms with Crippen molar-refractivity contribution >= 4 is 11.1 Å². The van der Waals surface area contributed by atoms with Gasteiger partial charge in [-0.25, -0.2) is 0 Å². The van der Waals surface area contributed by atoms with Gasteiger partial charge in [-0.15, -0.1) is 0 Å². The molecule has 3 aliphatic carbocycles. The Labute approximate surface area is 255 Å². The Bertz CT molecular complexity index is 1620. The van der Waals surface area contributed by atoms with Gasteiger partial charge < -0.3 is 0 Å². The Morgan fingerprint density at radius 3 is 2.40 bits per heavy atom. The van der Waals surface area contributed by atoms with E-state index in [0.29, 0.717) is 5.92 Å². The molecule has 0 N–H and O–H groups in total. The van der Waals surface area contributed by atoms with Crippen LogP contribution in [0.25, 0.3) is 11.1 Å². The summed E-state index contributed by atoms with van der Waals surface area (Å²) in [5.41, 5.74) is 20.4. The largest absolute Gasteiger partial charge is 0.0955 e. The fourth-order valence-electron chi connectivity index (χ4n) is 7.38. The fourth-order valence-corrected chi connectivity index (χ4v) is 7.38. The fraction of sp³-hybridized carbons (Fsp3) is 0.333. The summed E-state index contributed by atoms with van der Waals surface area (Å²) in [6, 6.07) is 13.9. The highest BCUT2D eigenvalue weighted by Crippen LogP contribution is 2.55. The maximum atomic E-state index is 4.80. The van der Waals surface area contributed by atoms with E-state index in [-0.39, 0.29) is 5.92 Å². The third-order valence-electron chi connectivity index (χ3n) is 9.65. The van der Waals surface area contributed by atoms with Crippen LogP contribution >= 0.6 is 0 Å². The van der Waals surface area contributed by atoms with Gasteiger partial charge in [0.1, 0.15) is 0 Å². The van der Waals surface area contributed by atoms with Crippen LogP contribution in [0, 0.1) is 12.8 Å². The topological polar surface area (TPSA) is 0 Å². The second-order valence-corrected chi connectivity index (χ2v) is 12.7. The lowest BCUT2D eigenvalue weighted by molar-refractivity contribution is 0.614. The summed E-state index contributed by atoms with van der Waals surface area (Å²) < 4.78 is 0. The molecule has 5 rings (SSSR count). The maximum Gasteiger partial charge on any atom is 0.0203 e. The molecule has 2 aromatic carbocycles. The van der Waals surface area contributed by atoms with Crippen molar-refractivity contribution in [2.24, 2.45) is 5.92 Å². The average molecular weight is 553 g/mol. The molecule has 0 bridgehead atoms. The first-order valence-electron chi connectivity index (χ1n) is 15.9. The molecule has 216 valence electrons. The van der Waals surface area contributed by atoms with Crippen molar-refractivity contribution in [1.29, 1.82) is 0 Å². The predicted octanol–water partition coefficient (Wildman–Crippen LogP) is 11.8. The molecule has 2 atom stereocenters. The zero-order chi connectivity index (χ0) is 30.1. The maximum absolute atomic E-state index is 4.80. The molecule has 0 nitrogen and oxygen atoms in total. The molecule has 1 saturated carbocycles. The zero-order valence-corrected chi connectivity index (χ0v) is 26.8. The lowest BCUT2D eigenvalue weighted by atomic mass is 9.68. The molecular formula is C42H48. The molecule has 2 aromatic rings. The van der Waals surface area contributed by atoms with Crippen LogP contribution in [0.1, 0.15) is 99.6 Å². The van der Waals surface area contributed by atoms with Gasteiger partial charge in [-0.05, 0) is 126 Å². The number of hydrogen-bond donors (Lipinski definition) is 0. The molecular weight excluding hydrogens is 504 g/mol. The van der Waals surface area contributed by atoms with Gasteiger partial charge in [0.05, 0.1) is 0 Å². The molecule has 0 aromatic heterocycles. The number of benzene rings is 2. The van der Waals surface area contributed by atoms with Gasteiger partial charge >= 0.3 is 0 Å². The first kappa shape index (κ1) is 29.8. The molecule has 3 aliphatic rings. The third kappa shape index (κ3) is 5.57. The second kappa shape index (κ2) is 12.3. The Hall–Kier alpha value is -3.64. The highest BCUT2D eigenvalue weighted by atomic mass is 14.4. The van der Waals surface area contributed by atoms with E-state index in [1.165, 1.54) is 78.0 Å². The van der Waals surface area contributed by atoms with Gasteiger partial charge in [-0.2, -0.15) is 0 Å². The molecule has 0 amide bonds. The van der Waals surface area contributed by atoms with E-state index in [1.807, 2.05) is 0 Å². The van der Waals surface area contributed by atoms with Crippen molar-refractivity contribution < 1.29 is 0 Å². The van der Waals surface area contributed by atoms with Gasteiger partial charge in [0.15, 0.2) is 0 Å². The van der Waals surface area contributed by atoms with Gasteiger partial charge in [0.25, 0.3) is 0 Å². The first-order chi connectivity index (χ1) is 20.2. The third-order valence-corrected chi connectivity index (χ3v) is 9.65. The van der Waals surface area contributed by atoms with Crippen LogP contribution < -0.4 is 0 Å². The minimum atomic E-state index is 0.280. The van der Waals surface area contributed by atoms with Crippen LogP contribution in [-0.2, 0) is 12.8 Å². The SMILES string of the molecule is C=C(CCC)C1=C(C)C=C2C/C(=C\C3=CC=C(c4cc(C(=C)C)ccc4C)C3)C(=C)C2C1c1ccc(CC)cc1CC. The Kier molecular flexibility index (Phi) is 8.74. The number of hydrogen-bond acceptors (Lipinski definition) is 0. The minimum absolute atomic E-state index is 0.280. The summed E-state index contributed by atoms with van der Waals surface area (Å²) in [6.45, 7) is 27.0. The van der Waals surface area contributed by atoms with Crippen LogP contribution in [-0.4, -0.2) is 0 Å². The van der Waals surface area contributed by atoms with E-state index in [2.05, 4.69) is 115 Å². The van der Waals surface area contributed by atoms with Gasteiger partial charge in [-0.3, -0.25) is 0 Å². The van der Waals surface area contributed by atoms with Crippen LogP contribution in [0.4, 0.5) is 0 Å². The Balaban J connectivity index is 1.49. The van der Waals surface area contributed by atoms with Gasteiger partial charge in [0, 0.05) is 11.8 Å². The molecule has 0 saturated heterocycles. The summed E-state index contributed by atoms with van der Waals surface area (Å²) >= 11 is 0. The van der Waals surface area contributed by atoms with Crippen LogP contribution in [0.5, 0.6) is 0 Å². The number of rotatable bonds is 9. The minimum Gasteiger partial charge on any atom is -0.0955 e. The molecule has 1 fully saturated rings. The van der Waals surface area contributed by atoms with Crippen molar-refractivity contribution in [3.63, 3.8) is 0 Å². The monoisotopic (exact) mass is 552 g/mol. The summed E-state index contributed by atoms with van der Waals surface area (Å²) in [5, 5.41) is 0. The van der Waals surface area contributed by atoms with Crippen LogP contribution in [0.2, 0.25) is 0 Å². The highest BCUT2D eigenvalue weighted by Gasteiger charge is 2.41. The van der Waals surface area contributed by atoms with E-state index in [1.54, 1.807) is 0 Å². The van der Waals surface area contributed by atoms with Crippen LogP contribution in [0.15, 0.2) is 119 Å². The normalized spacial score (nSPS) is 21.0. The molecule has 0 radical (unpaired) electrons. The quantitative estimate of drug-likeness (QED) is 0.290. The van der Waals surface area contributed by atoms with Crippen molar-refractivity contribution in [1.82, 2.24) is 0 Å². The Morgan fingerprint density at radius 2 is 1.71 bits per heavy atom. The second-order valence-electron chi connectivity index (χ2n) is 12.7. The van der Waals surface area contributed by atoms with Crippen molar-refractivity contribution in [2.75, 3.05) is 0 Å². The van der Waals surface area contributed by atoms with Crippen molar-refractivity contribution in [3.8, 4) is 0 Å². The Morgan fingerprint density at radius 1 is 0.929 bits per heavy atom. The molecule has 0 spiro atoms. The molecule has 0 aliphatic heterocycles. The summed E-state index contributed by atoms with van der Waals surface area (Å²) in [7, 11) is 0. The van der Waals surface area contributed by atoms with Crippen molar-refractivity contribution in [2.45, 2.75) is 86.0 Å². The lowest BCUT2D eigenvalue weighted by Crippen LogP contribution is -2.22.